The van der Waals surface area contributed by atoms with E-state index in [0.717, 1.165) is 6.42 Å². The smallest absolute Gasteiger partial charge is 0.254 e. The summed E-state index contributed by atoms with van der Waals surface area (Å²) in [4.78, 5) is 15.7. The van der Waals surface area contributed by atoms with Gasteiger partial charge in [0.2, 0.25) is 0 Å². The second kappa shape index (κ2) is 5.80. The molecular weight excluding hydrogens is 233 g/mol. The van der Waals surface area contributed by atoms with Gasteiger partial charge in [0.05, 0.1) is 5.56 Å². The predicted octanol–water partition coefficient (Wildman–Crippen LogP) is 2.43. The quantitative estimate of drug-likeness (QED) is 0.847. The van der Waals surface area contributed by atoms with Crippen LogP contribution in [-0.2, 0) is 0 Å². The summed E-state index contributed by atoms with van der Waals surface area (Å²) in [5, 5.41) is 5.36. The Morgan fingerprint density at radius 2 is 2.17 bits per heavy atom. The third-order valence-corrected chi connectivity index (χ3v) is 3.06. The van der Waals surface area contributed by atoms with Gasteiger partial charge in [-0.15, -0.1) is 0 Å². The third kappa shape index (κ3) is 3.42. The van der Waals surface area contributed by atoms with E-state index < -0.39 is 11.7 Å². The van der Waals surface area contributed by atoms with Gasteiger partial charge in [0, 0.05) is 19.8 Å². The SMILES string of the molecule is CCC(C)(C)CNC(=O)c1ccnc(NC)c1F. The van der Waals surface area contributed by atoms with E-state index in [1.807, 2.05) is 0 Å². The minimum Gasteiger partial charge on any atom is -0.371 e. The lowest BCUT2D eigenvalue weighted by molar-refractivity contribution is 0.0931. The molecule has 100 valence electrons. The number of amides is 1. The number of aromatic nitrogens is 1. The zero-order valence-electron chi connectivity index (χ0n) is 11.3. The van der Waals surface area contributed by atoms with E-state index in [-0.39, 0.29) is 16.8 Å². The number of nitrogens with zero attached hydrogens (tertiary/aromatic N) is 1. The van der Waals surface area contributed by atoms with Gasteiger partial charge in [-0.2, -0.15) is 0 Å². The van der Waals surface area contributed by atoms with E-state index in [0.29, 0.717) is 6.54 Å². The molecule has 1 aromatic heterocycles. The molecule has 0 saturated carbocycles. The highest BCUT2D eigenvalue weighted by molar-refractivity contribution is 5.95. The summed E-state index contributed by atoms with van der Waals surface area (Å²) >= 11 is 0. The van der Waals surface area contributed by atoms with Gasteiger partial charge in [-0.1, -0.05) is 20.8 Å². The summed E-state index contributed by atoms with van der Waals surface area (Å²) in [5.41, 5.74) is 0.0200. The van der Waals surface area contributed by atoms with Crippen molar-refractivity contribution in [3.63, 3.8) is 0 Å². The molecule has 1 rings (SSSR count). The molecule has 4 nitrogen and oxygen atoms in total. The molecule has 0 aliphatic heterocycles. The highest BCUT2D eigenvalue weighted by Crippen LogP contribution is 2.19. The topological polar surface area (TPSA) is 54.0 Å². The molecule has 0 fully saturated rings. The Morgan fingerprint density at radius 3 is 2.72 bits per heavy atom. The number of anilines is 1. The number of pyridine rings is 1. The van der Waals surface area contributed by atoms with Gasteiger partial charge in [0.25, 0.3) is 5.91 Å². The molecule has 5 heteroatoms. The van der Waals surface area contributed by atoms with Crippen LogP contribution in [0.2, 0.25) is 0 Å². The van der Waals surface area contributed by atoms with Crippen LogP contribution in [0.15, 0.2) is 12.3 Å². The Bertz CT molecular complexity index is 432. The molecule has 0 saturated heterocycles. The third-order valence-electron chi connectivity index (χ3n) is 3.06. The number of carbonyl (C=O) groups excluding carboxylic acids is 1. The molecule has 0 aliphatic carbocycles. The number of hydrogen-bond acceptors (Lipinski definition) is 3. The van der Waals surface area contributed by atoms with Crippen molar-refractivity contribution in [1.82, 2.24) is 10.3 Å². The molecule has 0 atom stereocenters. The van der Waals surface area contributed by atoms with Crippen LogP contribution >= 0.6 is 0 Å². The second-order valence-corrected chi connectivity index (χ2v) is 4.97. The fraction of sp³-hybridized carbons (Fsp3) is 0.538. The Morgan fingerprint density at radius 1 is 1.50 bits per heavy atom. The van der Waals surface area contributed by atoms with Crippen molar-refractivity contribution in [1.29, 1.82) is 0 Å². The molecule has 0 unspecified atom stereocenters. The number of halogens is 1. The largest absolute Gasteiger partial charge is 0.371 e. The predicted molar refractivity (Wildman–Crippen MR) is 70.1 cm³/mol. The minimum atomic E-state index is -0.619. The number of nitrogens with one attached hydrogen (secondary N) is 2. The van der Waals surface area contributed by atoms with Gasteiger partial charge in [-0.25, -0.2) is 9.37 Å². The molecule has 0 bridgehead atoms. The average molecular weight is 253 g/mol. The zero-order chi connectivity index (χ0) is 13.8. The van der Waals surface area contributed by atoms with E-state index in [1.54, 1.807) is 7.05 Å². The Hall–Kier alpha value is -1.65. The molecule has 0 aliphatic rings. The van der Waals surface area contributed by atoms with Gasteiger partial charge in [-0.3, -0.25) is 4.79 Å². The average Bonchev–Trinajstić information content (AvgIpc) is 2.36. The van der Waals surface area contributed by atoms with Crippen LogP contribution in [0, 0.1) is 11.2 Å². The maximum absolute atomic E-state index is 13.8. The second-order valence-electron chi connectivity index (χ2n) is 4.97. The summed E-state index contributed by atoms with van der Waals surface area (Å²) in [6, 6.07) is 1.38. The summed E-state index contributed by atoms with van der Waals surface area (Å²) in [7, 11) is 1.56. The maximum Gasteiger partial charge on any atom is 0.254 e. The van der Waals surface area contributed by atoms with Crippen LogP contribution in [0.25, 0.3) is 0 Å². The van der Waals surface area contributed by atoms with Gasteiger partial charge in [0.15, 0.2) is 11.6 Å². The van der Waals surface area contributed by atoms with Crippen molar-refractivity contribution in [3.05, 3.63) is 23.6 Å². The maximum atomic E-state index is 13.8. The van der Waals surface area contributed by atoms with Gasteiger partial charge in [0.1, 0.15) is 0 Å². The van der Waals surface area contributed by atoms with Crippen molar-refractivity contribution in [2.45, 2.75) is 27.2 Å². The molecule has 2 N–H and O–H groups in total. The number of carbonyl (C=O) groups is 1. The van der Waals surface area contributed by atoms with Gasteiger partial charge < -0.3 is 10.6 Å². The molecule has 0 radical (unpaired) electrons. The van der Waals surface area contributed by atoms with Crippen molar-refractivity contribution in [3.8, 4) is 0 Å². The fourth-order valence-electron chi connectivity index (χ4n) is 1.33. The van der Waals surface area contributed by atoms with Crippen LogP contribution in [-0.4, -0.2) is 24.5 Å². The van der Waals surface area contributed by atoms with Crippen molar-refractivity contribution in [2.75, 3.05) is 18.9 Å². The lowest BCUT2D eigenvalue weighted by atomic mass is 9.90. The van der Waals surface area contributed by atoms with Crippen LogP contribution in [0.1, 0.15) is 37.6 Å². The Kier molecular flexibility index (Phi) is 4.64. The molecule has 18 heavy (non-hydrogen) atoms. The number of rotatable bonds is 5. The lowest BCUT2D eigenvalue weighted by Gasteiger charge is -2.22. The van der Waals surface area contributed by atoms with E-state index in [9.17, 15) is 9.18 Å². The van der Waals surface area contributed by atoms with E-state index in [4.69, 9.17) is 0 Å². The molecule has 0 aromatic carbocycles. The Labute approximate surface area is 107 Å². The van der Waals surface area contributed by atoms with Crippen LogP contribution < -0.4 is 10.6 Å². The standard InChI is InChI=1S/C13H20FN3O/c1-5-13(2,3)8-17-12(18)9-6-7-16-11(15-4)10(9)14/h6-7H,5,8H2,1-4H3,(H,15,16)(H,17,18). The van der Waals surface area contributed by atoms with E-state index >= 15 is 0 Å². The summed E-state index contributed by atoms with van der Waals surface area (Å²) in [6.45, 7) is 6.67. The first-order valence-corrected chi connectivity index (χ1v) is 6.01. The first kappa shape index (κ1) is 14.4. The summed E-state index contributed by atoms with van der Waals surface area (Å²) < 4.78 is 13.8. The first-order valence-electron chi connectivity index (χ1n) is 6.01. The molecule has 1 heterocycles. The highest BCUT2D eigenvalue weighted by atomic mass is 19.1. The van der Waals surface area contributed by atoms with Crippen molar-refractivity contribution in [2.24, 2.45) is 5.41 Å². The summed E-state index contributed by atoms with van der Waals surface area (Å²) in [6.07, 6.45) is 2.35. The first-order chi connectivity index (χ1) is 8.41. The van der Waals surface area contributed by atoms with Crippen LogP contribution in [0.4, 0.5) is 10.2 Å². The van der Waals surface area contributed by atoms with E-state index in [1.165, 1.54) is 12.3 Å². The normalized spacial score (nSPS) is 11.2. The molecule has 0 spiro atoms. The summed E-state index contributed by atoms with van der Waals surface area (Å²) in [5.74, 6) is -0.947. The molecule has 1 amide bonds. The monoisotopic (exact) mass is 253 g/mol. The molecule has 1 aromatic rings. The number of hydrogen-bond donors (Lipinski definition) is 2. The van der Waals surface area contributed by atoms with Crippen molar-refractivity contribution < 1.29 is 9.18 Å². The van der Waals surface area contributed by atoms with Crippen molar-refractivity contribution >= 4 is 11.7 Å². The Balaban J connectivity index is 2.79. The fourth-order valence-corrected chi connectivity index (χ4v) is 1.33. The lowest BCUT2D eigenvalue weighted by Crippen LogP contribution is -2.34. The van der Waals surface area contributed by atoms with Crippen LogP contribution in [0.3, 0.4) is 0 Å². The van der Waals surface area contributed by atoms with E-state index in [2.05, 4.69) is 36.4 Å². The highest BCUT2D eigenvalue weighted by Gasteiger charge is 2.19. The van der Waals surface area contributed by atoms with Gasteiger partial charge in [-0.05, 0) is 17.9 Å². The van der Waals surface area contributed by atoms with Crippen LogP contribution in [0.5, 0.6) is 0 Å². The van der Waals surface area contributed by atoms with Gasteiger partial charge >= 0.3 is 0 Å². The zero-order valence-corrected chi connectivity index (χ0v) is 11.3. The minimum absolute atomic E-state index is 0.00496. The molecular formula is C13H20FN3O.